The van der Waals surface area contributed by atoms with Crippen molar-refractivity contribution in [3.8, 4) is 10.6 Å². The lowest BCUT2D eigenvalue weighted by atomic mass is 10.1. The molecule has 2 aromatic heterocycles. The summed E-state index contributed by atoms with van der Waals surface area (Å²) in [6.45, 7) is 9.81. The quantitative estimate of drug-likeness (QED) is 0.782. The summed E-state index contributed by atoms with van der Waals surface area (Å²) in [6.07, 6.45) is 0. The highest BCUT2D eigenvalue weighted by molar-refractivity contribution is 7.13. The van der Waals surface area contributed by atoms with Crippen molar-refractivity contribution >= 4 is 17.0 Å². The van der Waals surface area contributed by atoms with E-state index in [1.54, 1.807) is 16.2 Å². The third-order valence-electron chi connectivity index (χ3n) is 5.14. The van der Waals surface area contributed by atoms with Crippen LogP contribution in [0.15, 0.2) is 46.3 Å². The minimum absolute atomic E-state index is 0.887. The van der Waals surface area contributed by atoms with Gasteiger partial charge in [0.2, 0.25) is 0 Å². The number of benzene rings is 1. The van der Waals surface area contributed by atoms with Gasteiger partial charge in [-0.3, -0.25) is 0 Å². The van der Waals surface area contributed by atoms with Crippen molar-refractivity contribution in [3.63, 3.8) is 0 Å². The summed E-state index contributed by atoms with van der Waals surface area (Å²) in [5.74, 6) is 0.887. The van der Waals surface area contributed by atoms with Crippen molar-refractivity contribution in [1.82, 2.24) is 5.16 Å². The summed E-state index contributed by atoms with van der Waals surface area (Å²) >= 11 is 1.69. The van der Waals surface area contributed by atoms with Crippen LogP contribution in [0, 0.1) is 13.8 Å². The molecule has 0 radical (unpaired) electrons. The number of nitrogens with one attached hydrogen (secondary N) is 1. The van der Waals surface area contributed by atoms with Gasteiger partial charge in [0, 0.05) is 11.8 Å². The first-order valence-corrected chi connectivity index (χ1v) is 9.73. The van der Waals surface area contributed by atoms with Gasteiger partial charge in [0.05, 0.1) is 31.1 Å². The molecule has 0 unspecified atom stereocenters. The number of quaternary nitrogens is 1. The van der Waals surface area contributed by atoms with Gasteiger partial charge in [0.15, 0.2) is 5.76 Å². The normalized spacial score (nSPS) is 15.7. The van der Waals surface area contributed by atoms with Crippen LogP contribution in [0.5, 0.6) is 0 Å². The van der Waals surface area contributed by atoms with Crippen molar-refractivity contribution in [2.45, 2.75) is 20.4 Å². The summed E-state index contributed by atoms with van der Waals surface area (Å²) in [5.41, 5.74) is 5.22. The number of hydrogen-bond acceptors (Lipinski definition) is 4. The largest absolute Gasteiger partial charge is 0.360 e. The predicted octanol–water partition coefficient (Wildman–Crippen LogP) is 2.93. The third kappa shape index (κ3) is 3.48. The maximum atomic E-state index is 5.51. The first kappa shape index (κ1) is 16.4. The monoisotopic (exact) mass is 354 g/mol. The van der Waals surface area contributed by atoms with Gasteiger partial charge in [0.1, 0.15) is 12.2 Å². The fourth-order valence-electron chi connectivity index (χ4n) is 3.50. The number of nitrogens with zero attached hydrogens (tertiary/aromatic N) is 2. The van der Waals surface area contributed by atoms with Gasteiger partial charge in [-0.05, 0) is 42.5 Å². The van der Waals surface area contributed by atoms with Crippen LogP contribution in [0.2, 0.25) is 0 Å². The Hall–Kier alpha value is -2.11. The number of aromatic nitrogens is 1. The fourth-order valence-corrected chi connectivity index (χ4v) is 4.18. The van der Waals surface area contributed by atoms with Crippen LogP contribution < -0.4 is 9.80 Å². The number of piperazine rings is 1. The van der Waals surface area contributed by atoms with Crippen molar-refractivity contribution in [2.75, 3.05) is 31.1 Å². The Morgan fingerprint density at radius 2 is 2.00 bits per heavy atom. The molecule has 1 aromatic carbocycles. The van der Waals surface area contributed by atoms with E-state index in [0.717, 1.165) is 49.1 Å². The molecule has 25 heavy (non-hydrogen) atoms. The van der Waals surface area contributed by atoms with E-state index < -0.39 is 0 Å². The van der Waals surface area contributed by atoms with Crippen LogP contribution in [-0.4, -0.2) is 31.3 Å². The molecule has 1 N–H and O–H groups in total. The highest BCUT2D eigenvalue weighted by Gasteiger charge is 2.23. The Morgan fingerprint density at radius 3 is 2.76 bits per heavy atom. The average Bonchev–Trinajstić information content (AvgIpc) is 3.30. The molecule has 1 aliphatic rings. The lowest BCUT2D eigenvalue weighted by Gasteiger charge is -2.34. The highest BCUT2D eigenvalue weighted by Crippen LogP contribution is 2.25. The highest BCUT2D eigenvalue weighted by atomic mass is 32.1. The summed E-state index contributed by atoms with van der Waals surface area (Å²) in [6, 6.07) is 12.8. The van der Waals surface area contributed by atoms with Gasteiger partial charge in [-0.1, -0.05) is 23.4 Å². The lowest BCUT2D eigenvalue weighted by Crippen LogP contribution is -3.13. The number of rotatable bonds is 4. The molecule has 4 nitrogen and oxygen atoms in total. The van der Waals surface area contributed by atoms with Gasteiger partial charge in [-0.2, -0.15) is 0 Å². The first-order valence-electron chi connectivity index (χ1n) is 8.85. The van der Waals surface area contributed by atoms with Gasteiger partial charge in [-0.25, -0.2) is 0 Å². The minimum atomic E-state index is 0.887. The summed E-state index contributed by atoms with van der Waals surface area (Å²) in [7, 11) is 0. The van der Waals surface area contributed by atoms with Gasteiger partial charge in [0.25, 0.3) is 0 Å². The minimum Gasteiger partial charge on any atom is -0.360 e. The summed E-state index contributed by atoms with van der Waals surface area (Å²) in [4.78, 5) is 5.24. The van der Waals surface area contributed by atoms with E-state index >= 15 is 0 Å². The molecule has 0 aliphatic carbocycles. The lowest BCUT2D eigenvalue weighted by molar-refractivity contribution is -0.914. The second-order valence-corrected chi connectivity index (χ2v) is 7.74. The Bertz CT molecular complexity index is 833. The molecule has 0 atom stereocenters. The molecule has 4 rings (SSSR count). The number of hydrogen-bond donors (Lipinski definition) is 1. The van der Waals surface area contributed by atoms with Crippen molar-refractivity contribution < 1.29 is 9.42 Å². The number of anilines is 1. The molecule has 0 amide bonds. The van der Waals surface area contributed by atoms with E-state index in [0.29, 0.717) is 0 Å². The van der Waals surface area contributed by atoms with Crippen LogP contribution >= 0.6 is 11.3 Å². The molecular weight excluding hydrogens is 330 g/mol. The number of thiophene rings is 1. The van der Waals surface area contributed by atoms with E-state index in [2.05, 4.69) is 59.6 Å². The summed E-state index contributed by atoms with van der Waals surface area (Å²) in [5, 5.41) is 6.33. The molecule has 0 saturated carbocycles. The van der Waals surface area contributed by atoms with Crippen LogP contribution in [0.1, 0.15) is 16.8 Å². The molecular formula is C20H24N3OS+. The predicted molar refractivity (Wildman–Crippen MR) is 102 cm³/mol. The standard InChI is InChI=1S/C20H23N3OS/c1-15-5-3-6-18(16(15)2)23-10-8-22(9-11-23)14-17-13-19(24-21-17)20-7-4-12-25-20/h3-7,12-13H,8-11,14H2,1-2H3/p+1. The molecule has 5 heteroatoms. The molecule has 1 saturated heterocycles. The molecule has 1 aliphatic heterocycles. The van der Waals surface area contributed by atoms with Crippen LogP contribution in [0.25, 0.3) is 10.6 Å². The molecule has 3 aromatic rings. The summed E-state index contributed by atoms with van der Waals surface area (Å²) < 4.78 is 5.51. The SMILES string of the molecule is Cc1cccc(N2CC[NH+](Cc3cc(-c4cccs4)on3)CC2)c1C. The van der Waals surface area contributed by atoms with Crippen molar-refractivity contribution in [3.05, 3.63) is 58.6 Å². The van der Waals surface area contributed by atoms with Crippen LogP contribution in [-0.2, 0) is 6.54 Å². The Balaban J connectivity index is 1.37. The van der Waals surface area contributed by atoms with Crippen LogP contribution in [0.3, 0.4) is 0 Å². The first-order chi connectivity index (χ1) is 12.2. The zero-order chi connectivity index (χ0) is 17.2. The third-order valence-corrected chi connectivity index (χ3v) is 6.03. The van der Waals surface area contributed by atoms with E-state index in [-0.39, 0.29) is 0 Å². The molecule has 0 spiro atoms. The number of aryl methyl sites for hydroxylation is 1. The zero-order valence-corrected chi connectivity index (χ0v) is 15.6. The second kappa shape index (κ2) is 7.02. The van der Waals surface area contributed by atoms with E-state index in [4.69, 9.17) is 4.52 Å². The molecule has 0 bridgehead atoms. The maximum Gasteiger partial charge on any atom is 0.177 e. The fraction of sp³-hybridized carbons (Fsp3) is 0.350. The molecule has 3 heterocycles. The smallest absolute Gasteiger partial charge is 0.177 e. The van der Waals surface area contributed by atoms with Crippen molar-refractivity contribution in [1.29, 1.82) is 0 Å². The van der Waals surface area contributed by atoms with Crippen molar-refractivity contribution in [2.24, 2.45) is 0 Å². The average molecular weight is 354 g/mol. The van der Waals surface area contributed by atoms with Gasteiger partial charge < -0.3 is 14.3 Å². The second-order valence-electron chi connectivity index (χ2n) is 6.79. The van der Waals surface area contributed by atoms with E-state index in [9.17, 15) is 0 Å². The van der Waals surface area contributed by atoms with Crippen LogP contribution in [0.4, 0.5) is 5.69 Å². The van der Waals surface area contributed by atoms with E-state index in [1.807, 2.05) is 6.07 Å². The molecule has 1 fully saturated rings. The Kier molecular flexibility index (Phi) is 4.59. The van der Waals surface area contributed by atoms with E-state index in [1.165, 1.54) is 16.8 Å². The van der Waals surface area contributed by atoms with Gasteiger partial charge >= 0.3 is 0 Å². The topological polar surface area (TPSA) is 33.7 Å². The Labute approximate surface area is 152 Å². The maximum absolute atomic E-state index is 5.51. The molecule has 130 valence electrons. The Morgan fingerprint density at radius 1 is 1.16 bits per heavy atom. The zero-order valence-electron chi connectivity index (χ0n) is 14.8. The van der Waals surface area contributed by atoms with Gasteiger partial charge in [-0.15, -0.1) is 11.3 Å².